The van der Waals surface area contributed by atoms with Gasteiger partial charge < -0.3 is 10.4 Å². The molecule has 0 aliphatic heterocycles. The van der Waals surface area contributed by atoms with Gasteiger partial charge >= 0.3 is 0 Å². The number of phenolic OH excluding ortho intramolecular Hbond substituents is 1. The van der Waals surface area contributed by atoms with Gasteiger partial charge in [0.25, 0.3) is 0 Å². The molecule has 0 saturated heterocycles. The summed E-state index contributed by atoms with van der Waals surface area (Å²) in [6.45, 7) is 4.06. The molecule has 1 aromatic rings. The largest absolute Gasteiger partial charge is 0.506 e. The normalized spacial score (nSPS) is 10.3. The molecule has 0 aliphatic carbocycles. The molecule has 0 fully saturated rings. The van der Waals surface area contributed by atoms with E-state index in [0.29, 0.717) is 6.04 Å². The third-order valence-electron chi connectivity index (χ3n) is 1.40. The molecule has 0 saturated carbocycles. The number of anilines is 1. The van der Waals surface area contributed by atoms with Crippen molar-refractivity contribution in [3.05, 3.63) is 22.7 Å². The van der Waals surface area contributed by atoms with Crippen LogP contribution >= 0.6 is 15.9 Å². The summed E-state index contributed by atoms with van der Waals surface area (Å²) in [6.07, 6.45) is 0. The van der Waals surface area contributed by atoms with Gasteiger partial charge in [-0.25, -0.2) is 0 Å². The molecule has 0 bridgehead atoms. The number of rotatable bonds is 2. The van der Waals surface area contributed by atoms with E-state index in [4.69, 9.17) is 0 Å². The van der Waals surface area contributed by atoms with Gasteiger partial charge in [0.15, 0.2) is 0 Å². The Morgan fingerprint density at radius 2 is 2.08 bits per heavy atom. The lowest BCUT2D eigenvalue weighted by Crippen LogP contribution is -2.09. The monoisotopic (exact) mass is 229 g/mol. The van der Waals surface area contributed by atoms with E-state index in [2.05, 4.69) is 21.2 Å². The van der Waals surface area contributed by atoms with E-state index in [9.17, 15) is 5.11 Å². The fourth-order valence-electron chi connectivity index (χ4n) is 0.935. The Kier molecular flexibility index (Phi) is 2.98. The van der Waals surface area contributed by atoms with Crippen LogP contribution in [-0.4, -0.2) is 11.1 Å². The van der Waals surface area contributed by atoms with Crippen molar-refractivity contribution in [1.82, 2.24) is 0 Å². The smallest absolute Gasteiger partial charge is 0.138 e. The van der Waals surface area contributed by atoms with Crippen LogP contribution in [0.2, 0.25) is 0 Å². The molecule has 0 amide bonds. The standard InChI is InChI=1S/C9H12BrNO/c1-6(2)11-8-5-7(10)3-4-9(8)12/h3-6,11-12H,1-2H3. The Bertz CT molecular complexity index is 273. The topological polar surface area (TPSA) is 32.3 Å². The second kappa shape index (κ2) is 3.81. The Hall–Kier alpha value is -0.700. The summed E-state index contributed by atoms with van der Waals surface area (Å²) < 4.78 is 0.962. The van der Waals surface area contributed by atoms with Gasteiger partial charge in [-0.05, 0) is 32.0 Å². The maximum atomic E-state index is 9.40. The highest BCUT2D eigenvalue weighted by Crippen LogP contribution is 2.27. The van der Waals surface area contributed by atoms with E-state index in [0.717, 1.165) is 10.2 Å². The van der Waals surface area contributed by atoms with Gasteiger partial charge in [0.2, 0.25) is 0 Å². The van der Waals surface area contributed by atoms with E-state index in [1.54, 1.807) is 12.1 Å². The molecule has 3 heteroatoms. The summed E-state index contributed by atoms with van der Waals surface area (Å²) in [4.78, 5) is 0. The van der Waals surface area contributed by atoms with Crippen molar-refractivity contribution in [1.29, 1.82) is 0 Å². The lowest BCUT2D eigenvalue weighted by Gasteiger charge is -2.11. The molecule has 0 heterocycles. The Morgan fingerprint density at radius 1 is 1.42 bits per heavy atom. The highest BCUT2D eigenvalue weighted by atomic mass is 79.9. The van der Waals surface area contributed by atoms with Crippen LogP contribution in [0.15, 0.2) is 22.7 Å². The number of phenols is 1. The SMILES string of the molecule is CC(C)Nc1cc(Br)ccc1O. The Labute approximate surface area is 80.7 Å². The summed E-state index contributed by atoms with van der Waals surface area (Å²) in [7, 11) is 0. The lowest BCUT2D eigenvalue weighted by atomic mass is 10.2. The first kappa shape index (κ1) is 9.39. The fourth-order valence-corrected chi connectivity index (χ4v) is 1.30. The minimum atomic E-state index is 0.284. The molecule has 0 unspecified atom stereocenters. The van der Waals surface area contributed by atoms with Crippen molar-refractivity contribution < 1.29 is 5.11 Å². The van der Waals surface area contributed by atoms with Gasteiger partial charge in [0.1, 0.15) is 5.75 Å². The summed E-state index contributed by atoms with van der Waals surface area (Å²) in [5.74, 6) is 0.284. The maximum absolute atomic E-state index is 9.40. The molecular weight excluding hydrogens is 218 g/mol. The van der Waals surface area contributed by atoms with Gasteiger partial charge in [0, 0.05) is 10.5 Å². The molecule has 2 N–H and O–H groups in total. The second-order valence-corrected chi connectivity index (χ2v) is 3.88. The molecule has 1 aromatic carbocycles. The number of halogens is 1. The van der Waals surface area contributed by atoms with Crippen LogP contribution in [0.1, 0.15) is 13.8 Å². The minimum Gasteiger partial charge on any atom is -0.506 e. The summed E-state index contributed by atoms with van der Waals surface area (Å²) in [6, 6.07) is 5.65. The van der Waals surface area contributed by atoms with Gasteiger partial charge in [-0.2, -0.15) is 0 Å². The highest BCUT2D eigenvalue weighted by Gasteiger charge is 2.01. The van der Waals surface area contributed by atoms with Crippen LogP contribution in [0.25, 0.3) is 0 Å². The maximum Gasteiger partial charge on any atom is 0.138 e. The molecule has 66 valence electrons. The van der Waals surface area contributed by atoms with E-state index in [1.807, 2.05) is 19.9 Å². The van der Waals surface area contributed by atoms with Crippen LogP contribution in [0.5, 0.6) is 5.75 Å². The Morgan fingerprint density at radius 3 is 2.67 bits per heavy atom. The van der Waals surface area contributed by atoms with Crippen molar-refractivity contribution in [3.8, 4) is 5.75 Å². The minimum absolute atomic E-state index is 0.284. The van der Waals surface area contributed by atoms with E-state index >= 15 is 0 Å². The van der Waals surface area contributed by atoms with E-state index in [1.165, 1.54) is 0 Å². The predicted molar refractivity (Wildman–Crippen MR) is 54.6 cm³/mol. The molecule has 0 atom stereocenters. The zero-order valence-corrected chi connectivity index (χ0v) is 8.72. The van der Waals surface area contributed by atoms with Crippen LogP contribution in [-0.2, 0) is 0 Å². The lowest BCUT2D eigenvalue weighted by molar-refractivity contribution is 0.476. The van der Waals surface area contributed by atoms with Crippen molar-refractivity contribution >= 4 is 21.6 Å². The first-order chi connectivity index (χ1) is 5.59. The fraction of sp³-hybridized carbons (Fsp3) is 0.333. The molecule has 0 radical (unpaired) electrons. The third-order valence-corrected chi connectivity index (χ3v) is 1.90. The number of hydrogen-bond acceptors (Lipinski definition) is 2. The zero-order valence-electron chi connectivity index (χ0n) is 7.13. The molecule has 1 rings (SSSR count). The number of benzene rings is 1. The number of aromatic hydroxyl groups is 1. The summed E-state index contributed by atoms with van der Waals surface area (Å²) in [5.41, 5.74) is 0.763. The van der Waals surface area contributed by atoms with Crippen molar-refractivity contribution in [2.24, 2.45) is 0 Å². The third kappa shape index (κ3) is 2.41. The molecule has 0 aromatic heterocycles. The summed E-state index contributed by atoms with van der Waals surface area (Å²) >= 11 is 3.34. The van der Waals surface area contributed by atoms with Gasteiger partial charge in [-0.15, -0.1) is 0 Å². The highest BCUT2D eigenvalue weighted by molar-refractivity contribution is 9.10. The van der Waals surface area contributed by atoms with Crippen LogP contribution in [0.3, 0.4) is 0 Å². The molecule has 2 nitrogen and oxygen atoms in total. The molecule has 0 spiro atoms. The van der Waals surface area contributed by atoms with Gasteiger partial charge in [-0.1, -0.05) is 15.9 Å². The predicted octanol–water partition coefficient (Wildman–Crippen LogP) is 2.98. The van der Waals surface area contributed by atoms with Crippen LogP contribution < -0.4 is 5.32 Å². The van der Waals surface area contributed by atoms with Crippen LogP contribution in [0.4, 0.5) is 5.69 Å². The van der Waals surface area contributed by atoms with Gasteiger partial charge in [0.05, 0.1) is 5.69 Å². The first-order valence-electron chi connectivity index (χ1n) is 3.84. The van der Waals surface area contributed by atoms with Crippen molar-refractivity contribution in [2.45, 2.75) is 19.9 Å². The van der Waals surface area contributed by atoms with Crippen LogP contribution in [0, 0.1) is 0 Å². The number of hydrogen-bond donors (Lipinski definition) is 2. The Balaban J connectivity index is 2.90. The molecule has 12 heavy (non-hydrogen) atoms. The number of nitrogens with one attached hydrogen (secondary N) is 1. The van der Waals surface area contributed by atoms with Crippen molar-refractivity contribution in [3.63, 3.8) is 0 Å². The second-order valence-electron chi connectivity index (χ2n) is 2.96. The van der Waals surface area contributed by atoms with Crippen molar-refractivity contribution in [2.75, 3.05) is 5.32 Å². The quantitative estimate of drug-likeness (QED) is 0.765. The van der Waals surface area contributed by atoms with E-state index < -0.39 is 0 Å². The molecule has 0 aliphatic rings. The van der Waals surface area contributed by atoms with Gasteiger partial charge in [-0.3, -0.25) is 0 Å². The average Bonchev–Trinajstić information content (AvgIpc) is 1.96. The zero-order chi connectivity index (χ0) is 9.14. The summed E-state index contributed by atoms with van der Waals surface area (Å²) in [5, 5.41) is 12.5. The molecular formula is C9H12BrNO. The average molecular weight is 230 g/mol. The van der Waals surface area contributed by atoms with E-state index in [-0.39, 0.29) is 5.75 Å². The first-order valence-corrected chi connectivity index (χ1v) is 4.64.